The maximum atomic E-state index is 10.8. The lowest BCUT2D eigenvalue weighted by Crippen LogP contribution is -2.53. The Morgan fingerprint density at radius 2 is 2.17 bits per heavy atom. The Labute approximate surface area is 138 Å². The van der Waals surface area contributed by atoms with Crippen LogP contribution in [-0.2, 0) is 11.3 Å². The van der Waals surface area contributed by atoms with Crippen LogP contribution in [0.25, 0.3) is 0 Å². The first kappa shape index (κ1) is 17.8. The first-order valence-corrected chi connectivity index (χ1v) is 8.53. The van der Waals surface area contributed by atoms with E-state index < -0.39 is 5.97 Å². The summed E-state index contributed by atoms with van der Waals surface area (Å²) in [6.45, 7) is 6.63. The van der Waals surface area contributed by atoms with Crippen molar-refractivity contribution in [2.75, 3.05) is 19.7 Å². The summed E-state index contributed by atoms with van der Waals surface area (Å²) in [5.74, 6) is 0.184. The van der Waals surface area contributed by atoms with Gasteiger partial charge in [0.2, 0.25) is 0 Å². The highest BCUT2D eigenvalue weighted by Gasteiger charge is 2.33. The Morgan fingerprint density at radius 3 is 2.83 bits per heavy atom. The smallest absolute Gasteiger partial charge is 0.317 e. The van der Waals surface area contributed by atoms with Crippen LogP contribution in [0.2, 0.25) is 0 Å². The second kappa shape index (κ2) is 8.89. The van der Waals surface area contributed by atoms with Gasteiger partial charge in [0, 0.05) is 18.6 Å². The van der Waals surface area contributed by atoms with Gasteiger partial charge in [-0.1, -0.05) is 26.0 Å². The molecule has 0 bridgehead atoms. The van der Waals surface area contributed by atoms with E-state index in [1.54, 1.807) is 0 Å². The minimum Gasteiger partial charge on any atom is -0.494 e. The molecule has 2 N–H and O–H groups in total. The number of nitrogens with zero attached hydrogens (tertiary/aromatic N) is 1. The summed E-state index contributed by atoms with van der Waals surface area (Å²) in [5.41, 5.74) is 1.22. The molecule has 0 atom stereocenters. The Morgan fingerprint density at radius 1 is 1.39 bits per heavy atom. The van der Waals surface area contributed by atoms with Gasteiger partial charge in [-0.3, -0.25) is 9.69 Å². The fraction of sp³-hybridized carbons (Fsp3) is 0.611. The molecule has 1 fully saturated rings. The summed E-state index contributed by atoms with van der Waals surface area (Å²) in [6.07, 6.45) is 3.05. The van der Waals surface area contributed by atoms with Gasteiger partial charge in [0.15, 0.2) is 0 Å². The minimum atomic E-state index is -0.743. The van der Waals surface area contributed by atoms with E-state index in [0.717, 1.165) is 44.7 Å². The highest BCUT2D eigenvalue weighted by molar-refractivity contribution is 5.69. The molecule has 23 heavy (non-hydrogen) atoms. The Balaban J connectivity index is 1.73. The minimum absolute atomic E-state index is 0.144. The van der Waals surface area contributed by atoms with Crippen LogP contribution in [0.1, 0.15) is 38.7 Å². The van der Waals surface area contributed by atoms with Crippen LogP contribution in [0.15, 0.2) is 24.3 Å². The number of hydrogen-bond donors (Lipinski definition) is 2. The molecule has 1 aliphatic rings. The van der Waals surface area contributed by atoms with Gasteiger partial charge >= 0.3 is 5.97 Å². The summed E-state index contributed by atoms with van der Waals surface area (Å²) >= 11 is 0. The predicted molar refractivity (Wildman–Crippen MR) is 90.8 cm³/mol. The number of carboxylic acids is 1. The molecule has 0 saturated heterocycles. The monoisotopic (exact) mass is 320 g/mol. The summed E-state index contributed by atoms with van der Waals surface area (Å²) in [6, 6.07) is 9.07. The van der Waals surface area contributed by atoms with Crippen LogP contribution in [-0.4, -0.2) is 47.8 Å². The zero-order valence-electron chi connectivity index (χ0n) is 14.1. The molecule has 5 nitrogen and oxygen atoms in total. The first-order valence-electron chi connectivity index (χ1n) is 8.53. The second-order valence-corrected chi connectivity index (χ2v) is 6.16. The number of likely N-dealkylation sites (N-methyl/N-ethyl adjacent to an activating group) is 1. The molecule has 0 heterocycles. The maximum absolute atomic E-state index is 10.8. The van der Waals surface area contributed by atoms with Crippen LogP contribution in [0, 0.1) is 0 Å². The molecule has 1 aromatic carbocycles. The predicted octanol–water partition coefficient (Wildman–Crippen LogP) is 2.50. The van der Waals surface area contributed by atoms with Gasteiger partial charge in [-0.25, -0.2) is 0 Å². The molecule has 1 aromatic rings. The lowest BCUT2D eigenvalue weighted by atomic mass is 9.85. The third-order valence-corrected chi connectivity index (χ3v) is 4.34. The standard InChI is InChI=1S/C18H28N2O3/c1-3-8-23-17-7-5-6-14(9-17)12-19-15-10-16(11-15)20(4-2)13-18(21)22/h5-7,9,15-16,19H,3-4,8,10-13H2,1-2H3,(H,21,22). The molecule has 0 aromatic heterocycles. The molecular formula is C18H28N2O3. The SMILES string of the molecule is CCCOc1cccc(CNC2CC(N(CC)CC(=O)O)C2)c1. The normalized spacial score (nSPS) is 20.3. The number of carboxylic acid groups (broad SMARTS) is 1. The van der Waals surface area contributed by atoms with E-state index in [-0.39, 0.29) is 6.54 Å². The molecule has 5 heteroatoms. The van der Waals surface area contributed by atoms with Gasteiger partial charge in [0.05, 0.1) is 13.2 Å². The topological polar surface area (TPSA) is 61.8 Å². The fourth-order valence-electron chi connectivity index (χ4n) is 2.95. The van der Waals surface area contributed by atoms with Crippen molar-refractivity contribution in [3.05, 3.63) is 29.8 Å². The number of rotatable bonds is 10. The van der Waals surface area contributed by atoms with E-state index in [1.165, 1.54) is 5.56 Å². The molecular weight excluding hydrogens is 292 g/mol. The van der Waals surface area contributed by atoms with E-state index in [2.05, 4.69) is 24.4 Å². The van der Waals surface area contributed by atoms with Crippen molar-refractivity contribution in [1.82, 2.24) is 10.2 Å². The summed E-state index contributed by atoms with van der Waals surface area (Å²) in [4.78, 5) is 12.9. The lowest BCUT2D eigenvalue weighted by molar-refractivity contribution is -0.139. The van der Waals surface area contributed by atoms with Crippen molar-refractivity contribution in [2.45, 2.75) is 51.7 Å². The lowest BCUT2D eigenvalue weighted by Gasteiger charge is -2.42. The van der Waals surface area contributed by atoms with Crippen molar-refractivity contribution in [2.24, 2.45) is 0 Å². The zero-order chi connectivity index (χ0) is 16.7. The number of carbonyl (C=O) groups is 1. The van der Waals surface area contributed by atoms with Crippen LogP contribution >= 0.6 is 0 Å². The molecule has 1 aliphatic carbocycles. The van der Waals surface area contributed by atoms with Crippen molar-refractivity contribution in [3.63, 3.8) is 0 Å². The molecule has 0 radical (unpaired) electrons. The summed E-state index contributed by atoms with van der Waals surface area (Å²) in [7, 11) is 0. The van der Waals surface area contributed by atoms with Crippen LogP contribution in [0.5, 0.6) is 5.75 Å². The second-order valence-electron chi connectivity index (χ2n) is 6.16. The highest BCUT2D eigenvalue weighted by atomic mass is 16.5. The maximum Gasteiger partial charge on any atom is 0.317 e. The van der Waals surface area contributed by atoms with E-state index in [9.17, 15) is 4.79 Å². The number of hydrogen-bond acceptors (Lipinski definition) is 4. The number of nitrogens with one attached hydrogen (secondary N) is 1. The van der Waals surface area contributed by atoms with Gasteiger partial charge in [-0.15, -0.1) is 0 Å². The zero-order valence-corrected chi connectivity index (χ0v) is 14.1. The summed E-state index contributed by atoms with van der Waals surface area (Å²) < 4.78 is 5.65. The fourth-order valence-corrected chi connectivity index (χ4v) is 2.95. The molecule has 0 spiro atoms. The average molecular weight is 320 g/mol. The van der Waals surface area contributed by atoms with Crippen LogP contribution in [0.3, 0.4) is 0 Å². The third-order valence-electron chi connectivity index (χ3n) is 4.34. The Bertz CT molecular complexity index is 501. The number of aliphatic carboxylic acids is 1. The highest BCUT2D eigenvalue weighted by Crippen LogP contribution is 2.26. The Hall–Kier alpha value is -1.59. The largest absolute Gasteiger partial charge is 0.494 e. The summed E-state index contributed by atoms with van der Waals surface area (Å²) in [5, 5.41) is 12.5. The number of ether oxygens (including phenoxy) is 1. The quantitative estimate of drug-likeness (QED) is 0.693. The number of benzene rings is 1. The van der Waals surface area contributed by atoms with Gasteiger partial charge in [0.1, 0.15) is 5.75 Å². The molecule has 0 amide bonds. The van der Waals surface area contributed by atoms with E-state index in [0.29, 0.717) is 12.1 Å². The van der Waals surface area contributed by atoms with Gasteiger partial charge < -0.3 is 15.2 Å². The molecule has 128 valence electrons. The molecule has 0 aliphatic heterocycles. The van der Waals surface area contributed by atoms with Crippen LogP contribution < -0.4 is 10.1 Å². The molecule has 1 saturated carbocycles. The van der Waals surface area contributed by atoms with Gasteiger partial charge in [-0.05, 0) is 43.5 Å². The molecule has 0 unspecified atom stereocenters. The van der Waals surface area contributed by atoms with Crippen molar-refractivity contribution >= 4 is 5.97 Å². The van der Waals surface area contributed by atoms with Gasteiger partial charge in [0.25, 0.3) is 0 Å². The van der Waals surface area contributed by atoms with Gasteiger partial charge in [-0.2, -0.15) is 0 Å². The third kappa shape index (κ3) is 5.52. The van der Waals surface area contributed by atoms with E-state index in [1.807, 2.05) is 24.0 Å². The van der Waals surface area contributed by atoms with Crippen molar-refractivity contribution < 1.29 is 14.6 Å². The van der Waals surface area contributed by atoms with E-state index in [4.69, 9.17) is 9.84 Å². The Kier molecular flexibility index (Phi) is 6.86. The van der Waals surface area contributed by atoms with Crippen molar-refractivity contribution in [3.8, 4) is 5.75 Å². The van der Waals surface area contributed by atoms with E-state index >= 15 is 0 Å². The van der Waals surface area contributed by atoms with Crippen molar-refractivity contribution in [1.29, 1.82) is 0 Å². The first-order chi connectivity index (χ1) is 11.1. The van der Waals surface area contributed by atoms with Crippen LogP contribution in [0.4, 0.5) is 0 Å². The molecule has 2 rings (SSSR count). The average Bonchev–Trinajstić information content (AvgIpc) is 2.50.